The molecule has 0 radical (unpaired) electrons. The predicted octanol–water partition coefficient (Wildman–Crippen LogP) is 2.93. The first-order valence-electron chi connectivity index (χ1n) is 6.55. The number of carbonyl (C=O) groups excluding carboxylic acids is 1. The third-order valence-corrected chi connectivity index (χ3v) is 4.31. The summed E-state index contributed by atoms with van der Waals surface area (Å²) >= 11 is 1.75. The van der Waals surface area contributed by atoms with Crippen LogP contribution in [0.4, 0.5) is 5.69 Å². The van der Waals surface area contributed by atoms with Crippen LogP contribution < -0.4 is 15.4 Å². The summed E-state index contributed by atoms with van der Waals surface area (Å²) in [5.74, 6) is 0.634. The fraction of sp³-hybridized carbons (Fsp3) is 0.267. The molecule has 3 rings (SSSR count). The molecule has 2 aromatic rings. The summed E-state index contributed by atoms with van der Waals surface area (Å²) in [7, 11) is 0. The first kappa shape index (κ1) is 13.1. The van der Waals surface area contributed by atoms with Crippen LogP contribution in [0.3, 0.4) is 0 Å². The van der Waals surface area contributed by atoms with E-state index in [0.29, 0.717) is 6.04 Å². The van der Waals surface area contributed by atoms with Crippen LogP contribution in [0, 0.1) is 0 Å². The van der Waals surface area contributed by atoms with Crippen LogP contribution >= 0.6 is 11.3 Å². The van der Waals surface area contributed by atoms with E-state index in [1.165, 1.54) is 4.88 Å². The number of ether oxygens (including phenoxy) is 1. The Bertz CT molecular complexity index is 610. The third kappa shape index (κ3) is 2.84. The van der Waals surface area contributed by atoms with E-state index in [0.717, 1.165) is 23.5 Å². The molecule has 1 atom stereocenters. The second-order valence-corrected chi connectivity index (χ2v) is 5.76. The van der Waals surface area contributed by atoms with Crippen LogP contribution in [0.2, 0.25) is 0 Å². The van der Waals surface area contributed by atoms with E-state index in [1.807, 2.05) is 18.2 Å². The highest BCUT2D eigenvalue weighted by Gasteiger charge is 2.16. The Balaban J connectivity index is 1.66. The van der Waals surface area contributed by atoms with Gasteiger partial charge in [-0.15, -0.1) is 11.3 Å². The minimum absolute atomic E-state index is 0.0972. The highest BCUT2D eigenvalue weighted by molar-refractivity contribution is 7.10. The van der Waals surface area contributed by atoms with Gasteiger partial charge in [-0.1, -0.05) is 12.1 Å². The lowest BCUT2D eigenvalue weighted by atomic mass is 10.1. The van der Waals surface area contributed by atoms with Gasteiger partial charge < -0.3 is 15.4 Å². The van der Waals surface area contributed by atoms with Gasteiger partial charge in [0.15, 0.2) is 6.61 Å². The Labute approximate surface area is 121 Å². The van der Waals surface area contributed by atoms with Crippen LogP contribution in [0.15, 0.2) is 35.7 Å². The zero-order chi connectivity index (χ0) is 13.9. The van der Waals surface area contributed by atoms with Gasteiger partial charge in [-0.2, -0.15) is 0 Å². The largest absolute Gasteiger partial charge is 0.482 e. The number of thiophene rings is 1. The summed E-state index contributed by atoms with van der Waals surface area (Å²) in [5.41, 5.74) is 1.88. The summed E-state index contributed by atoms with van der Waals surface area (Å²) in [4.78, 5) is 12.6. The van der Waals surface area contributed by atoms with Crippen LogP contribution in [0.5, 0.6) is 5.75 Å². The molecule has 0 saturated heterocycles. The number of anilines is 1. The first-order chi connectivity index (χ1) is 9.72. The van der Waals surface area contributed by atoms with Gasteiger partial charge in [0.25, 0.3) is 5.91 Å². The molecule has 104 valence electrons. The van der Waals surface area contributed by atoms with Crippen molar-refractivity contribution in [2.75, 3.05) is 11.9 Å². The molecule has 1 aliphatic heterocycles. The standard InChI is InChI=1S/C15H16N2O2S/c1-10(14-3-2-6-20-14)16-8-11-4-5-13-12(7-11)17-15(18)9-19-13/h2-7,10,16H,8-9H2,1H3,(H,17,18)/t10-/m0/s1. The normalized spacial score (nSPS) is 15.2. The van der Waals surface area contributed by atoms with Gasteiger partial charge in [0.05, 0.1) is 5.69 Å². The van der Waals surface area contributed by atoms with Crippen molar-refractivity contribution in [3.63, 3.8) is 0 Å². The number of hydrogen-bond donors (Lipinski definition) is 2. The number of fused-ring (bicyclic) bond motifs is 1. The van der Waals surface area contributed by atoms with Gasteiger partial charge >= 0.3 is 0 Å². The Morgan fingerprint density at radius 2 is 2.35 bits per heavy atom. The van der Waals surface area contributed by atoms with E-state index in [9.17, 15) is 4.79 Å². The van der Waals surface area contributed by atoms with E-state index >= 15 is 0 Å². The Kier molecular flexibility index (Phi) is 3.71. The van der Waals surface area contributed by atoms with Gasteiger partial charge in [-0.25, -0.2) is 0 Å². The summed E-state index contributed by atoms with van der Waals surface area (Å²) in [5, 5.41) is 8.38. The average Bonchev–Trinajstić information content (AvgIpc) is 2.98. The molecule has 2 heterocycles. The third-order valence-electron chi connectivity index (χ3n) is 3.26. The van der Waals surface area contributed by atoms with Crippen molar-refractivity contribution in [1.29, 1.82) is 0 Å². The van der Waals surface area contributed by atoms with Crippen molar-refractivity contribution in [3.05, 3.63) is 46.2 Å². The molecule has 4 nitrogen and oxygen atoms in total. The molecule has 0 unspecified atom stereocenters. The molecular formula is C15H16N2O2S. The Morgan fingerprint density at radius 1 is 1.45 bits per heavy atom. The lowest BCUT2D eigenvalue weighted by molar-refractivity contribution is -0.118. The summed E-state index contributed by atoms with van der Waals surface area (Å²) in [6.07, 6.45) is 0. The van der Waals surface area contributed by atoms with Crippen LogP contribution in [-0.4, -0.2) is 12.5 Å². The van der Waals surface area contributed by atoms with Gasteiger partial charge in [-0.3, -0.25) is 4.79 Å². The number of benzene rings is 1. The number of nitrogens with one attached hydrogen (secondary N) is 2. The van der Waals surface area contributed by atoms with Gasteiger partial charge in [-0.05, 0) is 36.1 Å². The topological polar surface area (TPSA) is 50.4 Å². The number of amides is 1. The fourth-order valence-electron chi connectivity index (χ4n) is 2.15. The van der Waals surface area contributed by atoms with E-state index in [-0.39, 0.29) is 12.5 Å². The second kappa shape index (κ2) is 5.64. The summed E-state index contributed by atoms with van der Waals surface area (Å²) < 4.78 is 5.34. The number of rotatable bonds is 4. The maximum Gasteiger partial charge on any atom is 0.262 e. The molecule has 1 aliphatic rings. The van der Waals surface area contributed by atoms with Crippen molar-refractivity contribution < 1.29 is 9.53 Å². The highest BCUT2D eigenvalue weighted by Crippen LogP contribution is 2.28. The molecule has 0 bridgehead atoms. The SMILES string of the molecule is C[C@H](NCc1ccc2c(c1)NC(=O)CO2)c1cccs1. The van der Waals surface area contributed by atoms with Crippen molar-refractivity contribution in [2.24, 2.45) is 0 Å². The molecule has 5 heteroatoms. The zero-order valence-electron chi connectivity index (χ0n) is 11.2. The summed E-state index contributed by atoms with van der Waals surface area (Å²) in [6.45, 7) is 3.00. The molecule has 1 aromatic heterocycles. The second-order valence-electron chi connectivity index (χ2n) is 4.79. The lowest BCUT2D eigenvalue weighted by Gasteiger charge is -2.19. The minimum Gasteiger partial charge on any atom is -0.482 e. The average molecular weight is 288 g/mol. The molecule has 0 saturated carbocycles. The molecule has 2 N–H and O–H groups in total. The first-order valence-corrected chi connectivity index (χ1v) is 7.43. The molecule has 1 amide bonds. The van der Waals surface area contributed by atoms with Crippen molar-refractivity contribution >= 4 is 22.9 Å². The van der Waals surface area contributed by atoms with Crippen molar-refractivity contribution in [1.82, 2.24) is 5.32 Å². The molecule has 1 aromatic carbocycles. The van der Waals surface area contributed by atoms with Crippen LogP contribution in [0.1, 0.15) is 23.4 Å². The Morgan fingerprint density at radius 3 is 3.15 bits per heavy atom. The van der Waals surface area contributed by atoms with E-state index < -0.39 is 0 Å². The maximum absolute atomic E-state index is 11.3. The van der Waals surface area contributed by atoms with Crippen molar-refractivity contribution in [2.45, 2.75) is 19.5 Å². The van der Waals surface area contributed by atoms with Crippen LogP contribution in [-0.2, 0) is 11.3 Å². The fourth-order valence-corrected chi connectivity index (χ4v) is 2.91. The predicted molar refractivity (Wildman–Crippen MR) is 80.1 cm³/mol. The summed E-state index contributed by atoms with van der Waals surface area (Å²) in [6, 6.07) is 10.4. The van der Waals surface area contributed by atoms with Gasteiger partial charge in [0.1, 0.15) is 5.75 Å². The number of carbonyl (C=O) groups is 1. The quantitative estimate of drug-likeness (QED) is 0.909. The van der Waals surface area contributed by atoms with Crippen LogP contribution in [0.25, 0.3) is 0 Å². The highest BCUT2D eigenvalue weighted by atomic mass is 32.1. The van der Waals surface area contributed by atoms with Gasteiger partial charge in [0, 0.05) is 17.5 Å². The minimum atomic E-state index is -0.102. The van der Waals surface area contributed by atoms with E-state index in [1.54, 1.807) is 11.3 Å². The number of hydrogen-bond acceptors (Lipinski definition) is 4. The zero-order valence-corrected chi connectivity index (χ0v) is 12.0. The lowest BCUT2D eigenvalue weighted by Crippen LogP contribution is -2.25. The smallest absolute Gasteiger partial charge is 0.262 e. The molecule has 20 heavy (non-hydrogen) atoms. The molecule has 0 aliphatic carbocycles. The molecule has 0 fully saturated rings. The van der Waals surface area contributed by atoms with Gasteiger partial charge in [0.2, 0.25) is 0 Å². The Hall–Kier alpha value is -1.85. The molecular weight excluding hydrogens is 272 g/mol. The van der Waals surface area contributed by atoms with E-state index in [4.69, 9.17) is 4.74 Å². The molecule has 0 spiro atoms. The maximum atomic E-state index is 11.3. The monoisotopic (exact) mass is 288 g/mol. The van der Waals surface area contributed by atoms with E-state index in [2.05, 4.69) is 35.1 Å². The van der Waals surface area contributed by atoms with Crippen molar-refractivity contribution in [3.8, 4) is 5.75 Å².